The molecule has 0 saturated heterocycles. The van der Waals surface area contributed by atoms with Gasteiger partial charge in [-0.25, -0.2) is 8.42 Å². The maximum absolute atomic E-state index is 13.2. The summed E-state index contributed by atoms with van der Waals surface area (Å²) in [5.74, 6) is -0.500. The number of hydrogen-bond donors (Lipinski definition) is 0. The number of hydroxylamine groups is 1. The molecule has 0 amide bonds. The molecule has 1 aromatic rings. The Labute approximate surface area is 162 Å². The van der Waals surface area contributed by atoms with E-state index in [-0.39, 0.29) is 10.8 Å². The first kappa shape index (κ1) is 23.4. The first-order chi connectivity index (χ1) is 12.3. The quantitative estimate of drug-likeness (QED) is 0.490. The van der Waals surface area contributed by atoms with Crippen LogP contribution in [0.25, 0.3) is 0 Å². The number of benzene rings is 1. The molecule has 154 valence electrons. The average Bonchev–Trinajstić information content (AvgIpc) is 2.51. The number of carbonyl (C=O) groups is 1. The van der Waals surface area contributed by atoms with E-state index in [1.54, 1.807) is 48.5 Å². The van der Waals surface area contributed by atoms with Crippen molar-refractivity contribution in [1.29, 1.82) is 0 Å². The highest BCUT2D eigenvalue weighted by Gasteiger charge is 2.42. The van der Waals surface area contributed by atoms with Crippen molar-refractivity contribution in [2.24, 2.45) is 5.92 Å². The molecule has 0 aliphatic rings. The van der Waals surface area contributed by atoms with Crippen LogP contribution in [0.1, 0.15) is 48.5 Å². The Kier molecular flexibility index (Phi) is 7.83. The van der Waals surface area contributed by atoms with Crippen LogP contribution in [0.3, 0.4) is 0 Å². The molecule has 0 bridgehead atoms. The predicted molar refractivity (Wildman–Crippen MR) is 103 cm³/mol. The van der Waals surface area contributed by atoms with Crippen LogP contribution < -0.4 is 4.74 Å². The third-order valence-electron chi connectivity index (χ3n) is 3.42. The number of ether oxygens (including phenoxy) is 2. The van der Waals surface area contributed by atoms with Crippen molar-refractivity contribution >= 4 is 16.0 Å². The first-order valence-corrected chi connectivity index (χ1v) is 10.3. The molecule has 0 unspecified atom stereocenters. The number of hydrogen-bond acceptors (Lipinski definition) is 6. The number of esters is 1. The van der Waals surface area contributed by atoms with E-state index in [1.165, 1.54) is 31.4 Å². The van der Waals surface area contributed by atoms with Crippen molar-refractivity contribution in [1.82, 2.24) is 4.47 Å². The van der Waals surface area contributed by atoms with E-state index in [0.717, 1.165) is 4.47 Å². The van der Waals surface area contributed by atoms with Gasteiger partial charge in [-0.2, -0.15) is 0 Å². The Morgan fingerprint density at radius 3 is 1.93 bits per heavy atom. The van der Waals surface area contributed by atoms with Crippen molar-refractivity contribution < 1.29 is 27.5 Å². The first-order valence-electron chi connectivity index (χ1n) is 8.87. The molecule has 0 aliphatic carbocycles. The van der Waals surface area contributed by atoms with Crippen molar-refractivity contribution in [3.8, 4) is 5.75 Å². The number of nitrogens with zero attached hydrogens (tertiary/aromatic N) is 1. The molecule has 0 saturated carbocycles. The molecule has 27 heavy (non-hydrogen) atoms. The van der Waals surface area contributed by atoms with E-state index >= 15 is 0 Å². The van der Waals surface area contributed by atoms with Gasteiger partial charge in [0.2, 0.25) is 0 Å². The largest absolute Gasteiger partial charge is 0.497 e. The van der Waals surface area contributed by atoms with Crippen molar-refractivity contribution in [2.45, 2.75) is 71.1 Å². The average molecular weight is 402 g/mol. The molecular formula is C19H31NO6S. The normalized spacial score (nSPS) is 13.9. The van der Waals surface area contributed by atoms with Gasteiger partial charge in [-0.3, -0.25) is 9.63 Å². The van der Waals surface area contributed by atoms with E-state index in [9.17, 15) is 13.2 Å². The summed E-state index contributed by atoms with van der Waals surface area (Å²) in [5, 5.41) is 0. The van der Waals surface area contributed by atoms with Gasteiger partial charge < -0.3 is 9.47 Å². The molecular weight excluding hydrogens is 370 g/mol. The fourth-order valence-electron chi connectivity index (χ4n) is 2.29. The molecule has 0 radical (unpaired) electrons. The lowest BCUT2D eigenvalue weighted by molar-refractivity contribution is -0.190. The van der Waals surface area contributed by atoms with Gasteiger partial charge in [-0.15, -0.1) is 0 Å². The van der Waals surface area contributed by atoms with Crippen LogP contribution in [0.15, 0.2) is 29.2 Å². The third kappa shape index (κ3) is 6.48. The molecule has 8 heteroatoms. The second kappa shape index (κ2) is 9.03. The molecule has 7 nitrogen and oxygen atoms in total. The fourth-order valence-corrected chi connectivity index (χ4v) is 3.90. The Morgan fingerprint density at radius 2 is 1.56 bits per heavy atom. The number of methoxy groups -OCH3 is 1. The van der Waals surface area contributed by atoms with Crippen molar-refractivity contribution in [2.75, 3.05) is 7.11 Å². The Balaban J connectivity index is 3.40. The summed E-state index contributed by atoms with van der Waals surface area (Å²) < 4.78 is 37.8. The van der Waals surface area contributed by atoms with Crippen LogP contribution in [0.2, 0.25) is 0 Å². The zero-order valence-electron chi connectivity index (χ0n) is 17.3. The summed E-state index contributed by atoms with van der Waals surface area (Å²) in [5.41, 5.74) is -0.752. The highest BCUT2D eigenvalue weighted by atomic mass is 32.2. The summed E-state index contributed by atoms with van der Waals surface area (Å²) in [4.78, 5) is 18.4. The molecule has 0 aliphatic heterocycles. The van der Waals surface area contributed by atoms with Gasteiger partial charge in [-0.1, -0.05) is 18.3 Å². The molecule has 0 spiro atoms. The van der Waals surface area contributed by atoms with Gasteiger partial charge in [0.05, 0.1) is 18.1 Å². The standard InChI is InChI=1S/C19H31NO6S/c1-13(2)17(18(21)25-19(5,6)7)20(26-14(3)4)27(22,23)16-11-9-15(24-8)10-12-16/h9-14,17H,1-8H3/t17-/m1/s1. The maximum Gasteiger partial charge on any atom is 0.327 e. The van der Waals surface area contributed by atoms with Gasteiger partial charge in [0, 0.05) is 0 Å². The molecule has 0 fully saturated rings. The van der Waals surface area contributed by atoms with Gasteiger partial charge in [-0.05, 0) is 64.8 Å². The molecule has 0 heterocycles. The lowest BCUT2D eigenvalue weighted by atomic mass is 10.1. The Bertz CT molecular complexity index is 720. The summed E-state index contributed by atoms with van der Waals surface area (Å²) in [6.45, 7) is 12.1. The van der Waals surface area contributed by atoms with Crippen LogP contribution in [0.4, 0.5) is 0 Å². The van der Waals surface area contributed by atoms with Crippen LogP contribution >= 0.6 is 0 Å². The third-order valence-corrected chi connectivity index (χ3v) is 5.07. The van der Waals surface area contributed by atoms with E-state index in [2.05, 4.69) is 0 Å². The number of rotatable bonds is 8. The van der Waals surface area contributed by atoms with E-state index < -0.39 is 33.7 Å². The van der Waals surface area contributed by atoms with Gasteiger partial charge in [0.25, 0.3) is 10.0 Å². The Hall–Kier alpha value is -1.64. The lowest BCUT2D eigenvalue weighted by Gasteiger charge is -2.33. The monoisotopic (exact) mass is 401 g/mol. The van der Waals surface area contributed by atoms with Crippen LogP contribution in [-0.4, -0.2) is 43.7 Å². The second-order valence-corrected chi connectivity index (χ2v) is 9.59. The minimum absolute atomic E-state index is 0.00170. The van der Waals surface area contributed by atoms with Crippen LogP contribution in [0.5, 0.6) is 5.75 Å². The summed E-state index contributed by atoms with van der Waals surface area (Å²) in [6.07, 6.45) is -0.457. The number of sulfonamides is 1. The van der Waals surface area contributed by atoms with Crippen molar-refractivity contribution in [3.05, 3.63) is 24.3 Å². The Morgan fingerprint density at radius 1 is 1.04 bits per heavy atom. The van der Waals surface area contributed by atoms with E-state index in [1.807, 2.05) is 0 Å². The topological polar surface area (TPSA) is 82.1 Å². The zero-order chi connectivity index (χ0) is 21.0. The van der Waals surface area contributed by atoms with Gasteiger partial charge in [0.1, 0.15) is 11.4 Å². The highest BCUT2D eigenvalue weighted by Crippen LogP contribution is 2.27. The fraction of sp³-hybridized carbons (Fsp3) is 0.632. The minimum atomic E-state index is -4.11. The summed E-state index contributed by atoms with van der Waals surface area (Å²) >= 11 is 0. The van der Waals surface area contributed by atoms with Crippen molar-refractivity contribution in [3.63, 3.8) is 0 Å². The molecule has 1 atom stereocenters. The molecule has 1 rings (SSSR count). The van der Waals surface area contributed by atoms with Crippen LogP contribution in [0, 0.1) is 5.92 Å². The predicted octanol–water partition coefficient (Wildman–Crippen LogP) is 3.39. The SMILES string of the molecule is COc1ccc(S(=O)(=O)N(OC(C)C)[C@@H](C(=O)OC(C)(C)C)C(C)C)cc1. The maximum atomic E-state index is 13.2. The van der Waals surface area contributed by atoms with E-state index in [4.69, 9.17) is 14.3 Å². The molecule has 1 aromatic carbocycles. The van der Waals surface area contributed by atoms with Gasteiger partial charge in [0.15, 0.2) is 6.04 Å². The number of carbonyl (C=O) groups excluding carboxylic acids is 1. The lowest BCUT2D eigenvalue weighted by Crippen LogP contribution is -2.50. The summed E-state index contributed by atoms with van der Waals surface area (Å²) in [6, 6.07) is 4.78. The highest BCUT2D eigenvalue weighted by molar-refractivity contribution is 7.89. The minimum Gasteiger partial charge on any atom is -0.497 e. The smallest absolute Gasteiger partial charge is 0.327 e. The zero-order valence-corrected chi connectivity index (χ0v) is 18.2. The van der Waals surface area contributed by atoms with Crippen LogP contribution in [-0.2, 0) is 24.4 Å². The summed E-state index contributed by atoms with van der Waals surface area (Å²) in [7, 11) is -2.62. The van der Waals surface area contributed by atoms with Gasteiger partial charge >= 0.3 is 5.97 Å². The van der Waals surface area contributed by atoms with E-state index in [0.29, 0.717) is 5.75 Å². The second-order valence-electron chi connectivity index (χ2n) is 7.81. The molecule has 0 aromatic heterocycles. The molecule has 0 N–H and O–H groups in total.